The Bertz CT molecular complexity index is 1340. The third-order valence-electron chi connectivity index (χ3n) is 5.43. The van der Waals surface area contributed by atoms with Gasteiger partial charge in [-0.3, -0.25) is 4.79 Å². The average molecular weight is 593 g/mol. The molecule has 0 unspecified atom stereocenters. The highest BCUT2D eigenvalue weighted by Crippen LogP contribution is 2.35. The van der Waals surface area contributed by atoms with Crippen molar-refractivity contribution in [2.75, 3.05) is 20.3 Å². The van der Waals surface area contributed by atoms with Gasteiger partial charge >= 0.3 is 12.0 Å². The molecule has 1 aliphatic heterocycles. The van der Waals surface area contributed by atoms with Crippen molar-refractivity contribution in [2.24, 2.45) is 5.10 Å². The summed E-state index contributed by atoms with van der Waals surface area (Å²) in [7, 11) is 1.43. The summed E-state index contributed by atoms with van der Waals surface area (Å²) in [6.45, 7) is 6.82. The highest BCUT2D eigenvalue weighted by Gasteiger charge is 2.32. The van der Waals surface area contributed by atoms with Gasteiger partial charge in [0, 0.05) is 16.3 Å². The first-order chi connectivity index (χ1) is 19.0. The molecule has 3 N–H and O–H groups in total. The van der Waals surface area contributed by atoms with Crippen LogP contribution >= 0.6 is 23.2 Å². The quantitative estimate of drug-likeness (QED) is 0.198. The predicted octanol–water partition coefficient (Wildman–Crippen LogP) is 4.51. The molecule has 13 heteroatoms. The van der Waals surface area contributed by atoms with E-state index in [0.717, 1.165) is 0 Å². The number of rotatable bonds is 11. The van der Waals surface area contributed by atoms with Crippen molar-refractivity contribution >= 4 is 47.3 Å². The number of amides is 3. The molecule has 3 rings (SSSR count). The molecule has 0 saturated heterocycles. The summed E-state index contributed by atoms with van der Waals surface area (Å²) >= 11 is 12.3. The fourth-order valence-electron chi connectivity index (χ4n) is 3.79. The van der Waals surface area contributed by atoms with E-state index in [0.29, 0.717) is 32.6 Å². The lowest BCUT2D eigenvalue weighted by Crippen LogP contribution is -2.45. The molecule has 3 amide bonds. The van der Waals surface area contributed by atoms with Crippen LogP contribution in [-0.4, -0.2) is 50.5 Å². The van der Waals surface area contributed by atoms with Gasteiger partial charge in [-0.2, -0.15) is 5.10 Å². The molecule has 214 valence electrons. The van der Waals surface area contributed by atoms with Gasteiger partial charge in [0.25, 0.3) is 5.91 Å². The van der Waals surface area contributed by atoms with E-state index >= 15 is 0 Å². The summed E-state index contributed by atoms with van der Waals surface area (Å²) < 4.78 is 21.9. The van der Waals surface area contributed by atoms with Gasteiger partial charge in [0.15, 0.2) is 18.1 Å². The van der Waals surface area contributed by atoms with Crippen LogP contribution in [0.4, 0.5) is 4.79 Å². The van der Waals surface area contributed by atoms with Gasteiger partial charge in [0.05, 0.1) is 42.7 Å². The average Bonchev–Trinajstić information content (AvgIpc) is 2.88. The second-order valence-electron chi connectivity index (χ2n) is 8.76. The summed E-state index contributed by atoms with van der Waals surface area (Å²) in [5, 5.41) is 9.95. The van der Waals surface area contributed by atoms with Crippen LogP contribution in [0, 0.1) is 0 Å². The first-order valence-electron chi connectivity index (χ1n) is 12.3. The Labute approximate surface area is 241 Å². The standard InChI is InChI=1S/C27H30Cl2N4O7/c1-6-38-26(35)23-15(4)31-27(36)32-24(23)16-7-8-20(21(10-16)37-5)39-13-22(34)33-30-12-17-9-18(28)11-19(29)25(17)40-14(2)3/h7-12,14,24H,6,13H2,1-5H3,(H,33,34)(H2,31,32,36)/b30-12+/t24-/m0/s1. The Morgan fingerprint density at radius 2 is 1.93 bits per heavy atom. The van der Waals surface area contributed by atoms with E-state index in [1.54, 1.807) is 44.2 Å². The molecule has 0 bridgehead atoms. The Morgan fingerprint density at radius 3 is 2.60 bits per heavy atom. The molecule has 0 fully saturated rings. The minimum Gasteiger partial charge on any atom is -0.493 e. The van der Waals surface area contributed by atoms with Crippen LogP contribution < -0.4 is 30.3 Å². The van der Waals surface area contributed by atoms with Crippen LogP contribution in [-0.2, 0) is 14.3 Å². The molecule has 40 heavy (non-hydrogen) atoms. The zero-order valence-corrected chi connectivity index (χ0v) is 24.1. The topological polar surface area (TPSA) is 137 Å². The van der Waals surface area contributed by atoms with Gasteiger partial charge in [-0.05, 0) is 57.5 Å². The van der Waals surface area contributed by atoms with Gasteiger partial charge in [-0.25, -0.2) is 15.0 Å². The van der Waals surface area contributed by atoms with Gasteiger partial charge in [0.1, 0.15) is 5.75 Å². The van der Waals surface area contributed by atoms with Crippen LogP contribution in [0.25, 0.3) is 0 Å². The Kier molecular flexibility index (Phi) is 10.6. The molecule has 0 saturated carbocycles. The Balaban J connectivity index is 1.70. The number of nitrogens with zero attached hydrogens (tertiary/aromatic N) is 1. The van der Waals surface area contributed by atoms with E-state index in [4.69, 9.17) is 42.1 Å². The number of urea groups is 1. The van der Waals surface area contributed by atoms with Crippen molar-refractivity contribution in [3.8, 4) is 17.2 Å². The molecule has 1 heterocycles. The number of hydrogen-bond donors (Lipinski definition) is 3. The summed E-state index contributed by atoms with van der Waals surface area (Å²) in [5.74, 6) is -0.168. The SMILES string of the molecule is CCOC(=O)C1=C(C)NC(=O)N[C@H]1c1ccc(OCC(=O)N/N=C/c2cc(Cl)cc(Cl)c2OC(C)C)c(OC)c1. The van der Waals surface area contributed by atoms with Gasteiger partial charge in [-0.15, -0.1) is 0 Å². The largest absolute Gasteiger partial charge is 0.493 e. The van der Waals surface area contributed by atoms with Crippen molar-refractivity contribution in [3.05, 3.63) is 62.8 Å². The molecule has 0 spiro atoms. The monoisotopic (exact) mass is 592 g/mol. The van der Waals surface area contributed by atoms with Crippen LogP contribution in [0.2, 0.25) is 10.0 Å². The van der Waals surface area contributed by atoms with E-state index in [1.807, 2.05) is 13.8 Å². The van der Waals surface area contributed by atoms with Crippen molar-refractivity contribution in [1.29, 1.82) is 0 Å². The molecule has 0 aliphatic carbocycles. The normalized spacial score (nSPS) is 15.0. The Hall–Kier alpha value is -3.96. The molecular weight excluding hydrogens is 563 g/mol. The van der Waals surface area contributed by atoms with E-state index in [-0.39, 0.29) is 36.4 Å². The third kappa shape index (κ3) is 7.80. The number of benzene rings is 2. The summed E-state index contributed by atoms with van der Waals surface area (Å²) in [6.07, 6.45) is 1.23. The molecule has 11 nitrogen and oxygen atoms in total. The molecular formula is C27H30Cl2N4O7. The van der Waals surface area contributed by atoms with Gasteiger partial charge in [0.2, 0.25) is 0 Å². The van der Waals surface area contributed by atoms with Crippen molar-refractivity contribution < 1.29 is 33.3 Å². The maximum atomic E-state index is 12.6. The number of ether oxygens (including phenoxy) is 4. The lowest BCUT2D eigenvalue weighted by atomic mass is 9.95. The number of carbonyl (C=O) groups excluding carboxylic acids is 3. The zero-order chi connectivity index (χ0) is 29.4. The number of carbonyl (C=O) groups is 3. The van der Waals surface area contributed by atoms with E-state index in [2.05, 4.69) is 21.2 Å². The number of allylic oxidation sites excluding steroid dienone is 1. The number of halogens is 2. The fraction of sp³-hybridized carbons (Fsp3) is 0.333. The van der Waals surface area contributed by atoms with E-state index in [9.17, 15) is 14.4 Å². The number of hydrogen-bond acceptors (Lipinski definition) is 8. The number of nitrogens with one attached hydrogen (secondary N) is 3. The number of methoxy groups -OCH3 is 1. The minimum absolute atomic E-state index is 0.141. The smallest absolute Gasteiger partial charge is 0.338 e. The lowest BCUT2D eigenvalue weighted by Gasteiger charge is -2.28. The second-order valence-corrected chi connectivity index (χ2v) is 9.60. The zero-order valence-electron chi connectivity index (χ0n) is 22.6. The predicted molar refractivity (Wildman–Crippen MR) is 150 cm³/mol. The fourth-order valence-corrected chi connectivity index (χ4v) is 4.35. The first-order valence-corrected chi connectivity index (χ1v) is 13.0. The molecule has 1 atom stereocenters. The minimum atomic E-state index is -0.780. The molecule has 2 aromatic rings. The van der Waals surface area contributed by atoms with Crippen molar-refractivity contribution in [2.45, 2.75) is 39.8 Å². The molecule has 1 aliphatic rings. The highest BCUT2D eigenvalue weighted by molar-refractivity contribution is 6.36. The van der Waals surface area contributed by atoms with E-state index in [1.165, 1.54) is 13.3 Å². The van der Waals surface area contributed by atoms with Gasteiger partial charge < -0.3 is 29.6 Å². The van der Waals surface area contributed by atoms with E-state index < -0.39 is 23.9 Å². The first kappa shape index (κ1) is 30.6. The third-order valence-corrected chi connectivity index (χ3v) is 5.93. The summed E-state index contributed by atoms with van der Waals surface area (Å²) in [5.41, 5.74) is 4.05. The van der Waals surface area contributed by atoms with Crippen LogP contribution in [0.1, 0.15) is 44.9 Å². The highest BCUT2D eigenvalue weighted by atomic mass is 35.5. The van der Waals surface area contributed by atoms with Crippen LogP contribution in [0.15, 0.2) is 46.7 Å². The number of hydrazone groups is 1. The van der Waals surface area contributed by atoms with Crippen molar-refractivity contribution in [1.82, 2.24) is 16.1 Å². The molecule has 0 radical (unpaired) electrons. The lowest BCUT2D eigenvalue weighted by molar-refractivity contribution is -0.139. The number of esters is 1. The summed E-state index contributed by atoms with van der Waals surface area (Å²) in [4.78, 5) is 37.1. The molecule has 2 aromatic carbocycles. The van der Waals surface area contributed by atoms with Crippen molar-refractivity contribution in [3.63, 3.8) is 0 Å². The molecule has 0 aromatic heterocycles. The summed E-state index contributed by atoms with van der Waals surface area (Å²) in [6, 6.07) is 6.74. The van der Waals surface area contributed by atoms with Crippen LogP contribution in [0.3, 0.4) is 0 Å². The second kappa shape index (κ2) is 13.9. The maximum Gasteiger partial charge on any atom is 0.338 e. The van der Waals surface area contributed by atoms with Gasteiger partial charge in [-0.1, -0.05) is 29.3 Å². The maximum absolute atomic E-state index is 12.6. The van der Waals surface area contributed by atoms with Crippen LogP contribution in [0.5, 0.6) is 17.2 Å². The Morgan fingerprint density at radius 1 is 1.18 bits per heavy atom.